The van der Waals surface area contributed by atoms with Crippen molar-refractivity contribution >= 4 is 0 Å². The molecule has 1 atom stereocenters. The third-order valence-corrected chi connectivity index (χ3v) is 2.06. The van der Waals surface area contributed by atoms with E-state index in [-0.39, 0.29) is 19.0 Å². The zero-order valence-electron chi connectivity index (χ0n) is 6.40. The Morgan fingerprint density at radius 3 is 2.40 bits per heavy atom. The molecule has 1 rings (SSSR count). The summed E-state index contributed by atoms with van der Waals surface area (Å²) in [4.78, 5) is 1.81. The number of hydrogen-bond acceptors (Lipinski definition) is 1. The quantitative estimate of drug-likeness (QED) is 0.549. The summed E-state index contributed by atoms with van der Waals surface area (Å²) in [7, 11) is 0. The molecule has 1 saturated heterocycles. The Kier molecular flexibility index (Phi) is 1.95. The third-order valence-electron chi connectivity index (χ3n) is 2.06. The summed E-state index contributed by atoms with van der Waals surface area (Å²) < 4.78 is 25.2. The third kappa shape index (κ3) is 1.45. The molecule has 1 unspecified atom stereocenters. The van der Waals surface area contributed by atoms with E-state index in [9.17, 15) is 8.78 Å². The summed E-state index contributed by atoms with van der Waals surface area (Å²) in [6.07, 6.45) is 0.0286. The van der Waals surface area contributed by atoms with Gasteiger partial charge in [-0.2, -0.15) is 0 Å². The maximum Gasteiger partial charge on any atom is 0.262 e. The van der Waals surface area contributed by atoms with E-state index in [0.717, 1.165) is 6.54 Å². The fourth-order valence-electron chi connectivity index (χ4n) is 1.50. The largest absolute Gasteiger partial charge is 0.295 e. The SMILES string of the molecule is CCN1CC(F)(F)CC1C. The topological polar surface area (TPSA) is 3.24 Å². The van der Waals surface area contributed by atoms with Gasteiger partial charge in [-0.3, -0.25) is 4.90 Å². The molecule has 10 heavy (non-hydrogen) atoms. The lowest BCUT2D eigenvalue weighted by Crippen LogP contribution is -2.28. The molecule has 60 valence electrons. The summed E-state index contributed by atoms with van der Waals surface area (Å²) >= 11 is 0. The van der Waals surface area contributed by atoms with Gasteiger partial charge in [-0.25, -0.2) is 8.78 Å². The van der Waals surface area contributed by atoms with Gasteiger partial charge in [-0.15, -0.1) is 0 Å². The van der Waals surface area contributed by atoms with E-state index in [4.69, 9.17) is 0 Å². The van der Waals surface area contributed by atoms with Crippen LogP contribution in [0.15, 0.2) is 0 Å². The highest BCUT2D eigenvalue weighted by Gasteiger charge is 2.41. The van der Waals surface area contributed by atoms with Gasteiger partial charge in [-0.1, -0.05) is 6.92 Å². The minimum absolute atomic E-state index is 0.0286. The van der Waals surface area contributed by atoms with E-state index in [0.29, 0.717) is 0 Å². The van der Waals surface area contributed by atoms with Gasteiger partial charge in [-0.05, 0) is 13.5 Å². The molecule has 0 aliphatic carbocycles. The van der Waals surface area contributed by atoms with Crippen LogP contribution in [0.4, 0.5) is 8.78 Å². The fraction of sp³-hybridized carbons (Fsp3) is 1.00. The van der Waals surface area contributed by atoms with E-state index >= 15 is 0 Å². The summed E-state index contributed by atoms with van der Waals surface area (Å²) in [6, 6.07) is 0.0556. The van der Waals surface area contributed by atoms with Crippen LogP contribution < -0.4 is 0 Å². The highest BCUT2D eigenvalue weighted by atomic mass is 19.3. The first-order chi connectivity index (χ1) is 4.55. The molecule has 0 radical (unpaired) electrons. The van der Waals surface area contributed by atoms with Gasteiger partial charge in [0.1, 0.15) is 0 Å². The number of hydrogen-bond donors (Lipinski definition) is 0. The van der Waals surface area contributed by atoms with Gasteiger partial charge in [0.05, 0.1) is 6.54 Å². The molecule has 1 fully saturated rings. The van der Waals surface area contributed by atoms with Crippen LogP contribution in [0.5, 0.6) is 0 Å². The Bertz CT molecular complexity index is 125. The molecule has 0 bridgehead atoms. The van der Waals surface area contributed by atoms with Crippen LogP contribution >= 0.6 is 0 Å². The fourth-order valence-corrected chi connectivity index (χ4v) is 1.50. The summed E-state index contributed by atoms with van der Waals surface area (Å²) in [5.74, 6) is -2.44. The molecular formula is C7H13F2N. The Balaban J connectivity index is 2.52. The Morgan fingerprint density at radius 1 is 1.60 bits per heavy atom. The minimum atomic E-state index is -2.44. The molecule has 0 aromatic rings. The Labute approximate surface area is 60.0 Å². The second-order valence-electron chi connectivity index (χ2n) is 2.97. The van der Waals surface area contributed by atoms with E-state index in [1.807, 2.05) is 13.8 Å². The van der Waals surface area contributed by atoms with Crippen LogP contribution in [0.3, 0.4) is 0 Å². The molecule has 0 saturated carbocycles. The van der Waals surface area contributed by atoms with Crippen LogP contribution in [-0.4, -0.2) is 30.0 Å². The lowest BCUT2D eigenvalue weighted by atomic mass is 10.2. The number of rotatable bonds is 1. The highest BCUT2D eigenvalue weighted by molar-refractivity contribution is 4.86. The molecule has 0 aromatic heterocycles. The van der Waals surface area contributed by atoms with Crippen molar-refractivity contribution in [2.75, 3.05) is 13.1 Å². The lowest BCUT2D eigenvalue weighted by molar-refractivity contribution is 0.0125. The molecule has 1 aliphatic heterocycles. The molecule has 1 heterocycles. The molecular weight excluding hydrogens is 136 g/mol. The van der Waals surface area contributed by atoms with Crippen LogP contribution in [-0.2, 0) is 0 Å². The molecule has 3 heteroatoms. The maximum atomic E-state index is 12.6. The monoisotopic (exact) mass is 149 g/mol. The molecule has 1 aliphatic rings. The molecule has 0 aromatic carbocycles. The van der Waals surface area contributed by atoms with Gasteiger partial charge < -0.3 is 0 Å². The predicted octanol–water partition coefficient (Wildman–Crippen LogP) is 1.74. The zero-order valence-corrected chi connectivity index (χ0v) is 6.40. The van der Waals surface area contributed by atoms with Gasteiger partial charge >= 0.3 is 0 Å². The van der Waals surface area contributed by atoms with Gasteiger partial charge in [0.25, 0.3) is 5.92 Å². The number of nitrogens with zero attached hydrogens (tertiary/aromatic N) is 1. The number of likely N-dealkylation sites (tertiary alicyclic amines) is 1. The maximum absolute atomic E-state index is 12.6. The smallest absolute Gasteiger partial charge is 0.262 e. The van der Waals surface area contributed by atoms with E-state index in [1.54, 1.807) is 4.90 Å². The van der Waals surface area contributed by atoms with Crippen molar-refractivity contribution < 1.29 is 8.78 Å². The van der Waals surface area contributed by atoms with Gasteiger partial charge in [0.2, 0.25) is 0 Å². The van der Waals surface area contributed by atoms with Crippen molar-refractivity contribution in [2.24, 2.45) is 0 Å². The molecule has 0 amide bonds. The Hall–Kier alpha value is -0.180. The molecule has 1 nitrogen and oxygen atoms in total. The van der Waals surface area contributed by atoms with E-state index in [2.05, 4.69) is 0 Å². The van der Waals surface area contributed by atoms with Crippen LogP contribution in [0.1, 0.15) is 20.3 Å². The summed E-state index contributed by atoms with van der Waals surface area (Å²) in [5.41, 5.74) is 0. The Morgan fingerprint density at radius 2 is 2.20 bits per heavy atom. The number of halogens is 2. The average molecular weight is 149 g/mol. The van der Waals surface area contributed by atoms with Crippen molar-refractivity contribution in [1.29, 1.82) is 0 Å². The number of alkyl halides is 2. The molecule has 0 spiro atoms. The minimum Gasteiger partial charge on any atom is -0.295 e. The van der Waals surface area contributed by atoms with E-state index < -0.39 is 5.92 Å². The first-order valence-corrected chi connectivity index (χ1v) is 3.67. The predicted molar refractivity (Wildman–Crippen MR) is 36.3 cm³/mol. The second kappa shape index (κ2) is 2.46. The van der Waals surface area contributed by atoms with Crippen molar-refractivity contribution in [3.8, 4) is 0 Å². The van der Waals surface area contributed by atoms with Gasteiger partial charge in [0.15, 0.2) is 0 Å². The van der Waals surface area contributed by atoms with Crippen LogP contribution in [0, 0.1) is 0 Å². The van der Waals surface area contributed by atoms with Crippen LogP contribution in [0.25, 0.3) is 0 Å². The van der Waals surface area contributed by atoms with E-state index in [1.165, 1.54) is 0 Å². The first-order valence-electron chi connectivity index (χ1n) is 3.67. The van der Waals surface area contributed by atoms with Gasteiger partial charge in [0, 0.05) is 12.5 Å². The van der Waals surface area contributed by atoms with Crippen LogP contribution in [0.2, 0.25) is 0 Å². The summed E-state index contributed by atoms with van der Waals surface area (Å²) in [6.45, 7) is 4.45. The van der Waals surface area contributed by atoms with Crippen molar-refractivity contribution in [3.63, 3.8) is 0 Å². The molecule has 0 N–H and O–H groups in total. The summed E-state index contributed by atoms with van der Waals surface area (Å²) in [5, 5.41) is 0. The zero-order chi connectivity index (χ0) is 7.78. The van der Waals surface area contributed by atoms with Crippen molar-refractivity contribution in [1.82, 2.24) is 4.90 Å². The second-order valence-corrected chi connectivity index (χ2v) is 2.97. The van der Waals surface area contributed by atoms with Crippen molar-refractivity contribution in [2.45, 2.75) is 32.2 Å². The first kappa shape index (κ1) is 7.92. The normalized spacial score (nSPS) is 33.0. The average Bonchev–Trinajstić information content (AvgIpc) is 2.05. The lowest BCUT2D eigenvalue weighted by Gasteiger charge is -2.16. The highest BCUT2D eigenvalue weighted by Crippen LogP contribution is 2.30. The standard InChI is InChI=1S/C7H13F2N/c1-3-10-5-7(8,9)4-6(10)2/h6H,3-5H2,1-2H3. The van der Waals surface area contributed by atoms with Crippen molar-refractivity contribution in [3.05, 3.63) is 0 Å².